The Kier molecular flexibility index (Phi) is 5.65. The summed E-state index contributed by atoms with van der Waals surface area (Å²) >= 11 is 5.77. The Morgan fingerprint density at radius 1 is 1.33 bits per heavy atom. The molecule has 1 aromatic carbocycles. The number of hydrogen-bond acceptors (Lipinski definition) is 4. The minimum Gasteiger partial charge on any atom is -0.464 e. The average molecular weight is 270 g/mol. The molecule has 0 radical (unpaired) electrons. The molecule has 1 aromatic rings. The van der Waals surface area contributed by atoms with E-state index < -0.39 is 12.0 Å². The number of rotatable bonds is 6. The van der Waals surface area contributed by atoms with Crippen LogP contribution in [-0.4, -0.2) is 24.4 Å². The fourth-order valence-corrected chi connectivity index (χ4v) is 1.60. The summed E-state index contributed by atoms with van der Waals surface area (Å²) in [7, 11) is 0. The van der Waals surface area contributed by atoms with Gasteiger partial charge in [-0.15, -0.1) is 0 Å². The fourth-order valence-electron chi connectivity index (χ4n) is 1.47. The molecule has 1 atom stereocenters. The van der Waals surface area contributed by atoms with E-state index in [9.17, 15) is 9.59 Å². The lowest BCUT2D eigenvalue weighted by Gasteiger charge is -2.17. The number of benzene rings is 1. The van der Waals surface area contributed by atoms with E-state index in [0.29, 0.717) is 5.02 Å². The van der Waals surface area contributed by atoms with Crippen LogP contribution in [0.15, 0.2) is 24.3 Å². The second-order valence-corrected chi connectivity index (χ2v) is 4.30. The first-order valence-electron chi connectivity index (χ1n) is 5.71. The van der Waals surface area contributed by atoms with Gasteiger partial charge in [0.05, 0.1) is 6.61 Å². The van der Waals surface area contributed by atoms with Gasteiger partial charge in [0, 0.05) is 17.1 Å². The number of carbonyl (C=O) groups excluding carboxylic acids is 2. The molecule has 5 heteroatoms. The summed E-state index contributed by atoms with van der Waals surface area (Å²) in [4.78, 5) is 22.8. The zero-order chi connectivity index (χ0) is 13.5. The van der Waals surface area contributed by atoms with Crippen LogP contribution < -0.4 is 5.32 Å². The van der Waals surface area contributed by atoms with E-state index in [1.54, 1.807) is 31.2 Å². The lowest BCUT2D eigenvalue weighted by atomic mass is 10.1. The molecule has 0 aromatic heterocycles. The Bertz CT molecular complexity index is 417. The summed E-state index contributed by atoms with van der Waals surface area (Å²) in [5, 5.41) is 3.58. The highest BCUT2D eigenvalue weighted by molar-refractivity contribution is 6.30. The van der Waals surface area contributed by atoms with E-state index in [2.05, 4.69) is 5.32 Å². The summed E-state index contributed by atoms with van der Waals surface area (Å²) < 4.78 is 4.92. The minimum atomic E-state index is -0.663. The summed E-state index contributed by atoms with van der Waals surface area (Å²) in [6, 6.07) is 6.24. The van der Waals surface area contributed by atoms with Crippen LogP contribution in [0.3, 0.4) is 0 Å². The average Bonchev–Trinajstić information content (AvgIpc) is 2.31. The lowest BCUT2D eigenvalue weighted by Crippen LogP contribution is -2.33. The largest absolute Gasteiger partial charge is 0.464 e. The quantitative estimate of drug-likeness (QED) is 0.807. The van der Waals surface area contributed by atoms with Crippen molar-refractivity contribution in [2.75, 3.05) is 11.9 Å². The van der Waals surface area contributed by atoms with Crippen molar-refractivity contribution in [2.45, 2.75) is 26.3 Å². The number of nitrogens with one attached hydrogen (secondary N) is 1. The summed E-state index contributed by atoms with van der Waals surface area (Å²) in [6.45, 7) is 3.45. The first-order chi connectivity index (χ1) is 8.52. The SMILES string of the molecule is CCOC(=O)C(CC(C)=O)Nc1ccc(Cl)cc1. The molecule has 0 aliphatic carbocycles. The molecule has 1 rings (SSSR count). The zero-order valence-electron chi connectivity index (χ0n) is 10.4. The second-order valence-electron chi connectivity index (χ2n) is 3.86. The van der Waals surface area contributed by atoms with Crippen LogP contribution in [0.4, 0.5) is 5.69 Å². The molecule has 0 fully saturated rings. The smallest absolute Gasteiger partial charge is 0.329 e. The third-order valence-corrected chi connectivity index (χ3v) is 2.50. The van der Waals surface area contributed by atoms with E-state index in [0.717, 1.165) is 5.69 Å². The number of halogens is 1. The van der Waals surface area contributed by atoms with Crippen LogP contribution in [0.5, 0.6) is 0 Å². The summed E-state index contributed by atoms with van der Waals surface area (Å²) in [5.74, 6) is -0.503. The van der Waals surface area contributed by atoms with Gasteiger partial charge in [-0.1, -0.05) is 11.6 Å². The van der Waals surface area contributed by atoms with Gasteiger partial charge in [0.2, 0.25) is 0 Å². The van der Waals surface area contributed by atoms with E-state index in [-0.39, 0.29) is 18.8 Å². The van der Waals surface area contributed by atoms with Crippen LogP contribution >= 0.6 is 11.6 Å². The first-order valence-corrected chi connectivity index (χ1v) is 6.09. The van der Waals surface area contributed by atoms with E-state index >= 15 is 0 Å². The lowest BCUT2D eigenvalue weighted by molar-refractivity contribution is -0.145. The van der Waals surface area contributed by atoms with Gasteiger partial charge < -0.3 is 10.1 Å². The molecule has 0 saturated heterocycles. The van der Waals surface area contributed by atoms with Gasteiger partial charge in [0.15, 0.2) is 0 Å². The van der Waals surface area contributed by atoms with Gasteiger partial charge in [0.25, 0.3) is 0 Å². The molecule has 1 N–H and O–H groups in total. The number of Topliss-reactive ketones (excluding diaryl/α,β-unsaturated/α-hetero) is 1. The number of esters is 1. The minimum absolute atomic E-state index is 0.0745. The van der Waals surface area contributed by atoms with Gasteiger partial charge in [-0.3, -0.25) is 4.79 Å². The van der Waals surface area contributed by atoms with Crippen molar-refractivity contribution in [3.8, 4) is 0 Å². The van der Waals surface area contributed by atoms with Crippen LogP contribution in [0.1, 0.15) is 20.3 Å². The number of anilines is 1. The van der Waals surface area contributed by atoms with Gasteiger partial charge in [-0.25, -0.2) is 4.79 Å². The monoisotopic (exact) mass is 269 g/mol. The highest BCUT2D eigenvalue weighted by atomic mass is 35.5. The van der Waals surface area contributed by atoms with Crippen molar-refractivity contribution in [1.29, 1.82) is 0 Å². The van der Waals surface area contributed by atoms with Crippen molar-refractivity contribution < 1.29 is 14.3 Å². The molecule has 0 spiro atoms. The zero-order valence-corrected chi connectivity index (χ0v) is 11.2. The summed E-state index contributed by atoms with van der Waals surface area (Å²) in [5.41, 5.74) is 0.721. The molecule has 98 valence electrons. The van der Waals surface area contributed by atoms with Crippen molar-refractivity contribution in [1.82, 2.24) is 0 Å². The normalized spacial score (nSPS) is 11.7. The fraction of sp³-hybridized carbons (Fsp3) is 0.385. The molecule has 0 heterocycles. The van der Waals surface area contributed by atoms with Crippen molar-refractivity contribution in [2.24, 2.45) is 0 Å². The Hall–Kier alpha value is -1.55. The van der Waals surface area contributed by atoms with E-state index in [1.165, 1.54) is 6.92 Å². The first kappa shape index (κ1) is 14.5. The molecule has 0 aliphatic heterocycles. The Morgan fingerprint density at radius 3 is 2.44 bits per heavy atom. The van der Waals surface area contributed by atoms with Crippen LogP contribution in [-0.2, 0) is 14.3 Å². The highest BCUT2D eigenvalue weighted by Gasteiger charge is 2.21. The number of ether oxygens (including phenoxy) is 1. The number of hydrogen-bond donors (Lipinski definition) is 1. The van der Waals surface area contributed by atoms with Crippen molar-refractivity contribution >= 4 is 29.0 Å². The van der Waals surface area contributed by atoms with Crippen LogP contribution in [0.2, 0.25) is 5.02 Å². The topological polar surface area (TPSA) is 55.4 Å². The Balaban J connectivity index is 2.74. The van der Waals surface area contributed by atoms with Crippen molar-refractivity contribution in [3.05, 3.63) is 29.3 Å². The molecule has 0 aliphatic rings. The van der Waals surface area contributed by atoms with E-state index in [1.807, 2.05) is 0 Å². The third kappa shape index (κ3) is 4.75. The van der Waals surface area contributed by atoms with Gasteiger partial charge in [-0.05, 0) is 38.1 Å². The molecule has 1 unspecified atom stereocenters. The highest BCUT2D eigenvalue weighted by Crippen LogP contribution is 2.15. The summed E-state index contributed by atoms with van der Waals surface area (Å²) in [6.07, 6.45) is 0.0987. The number of carbonyl (C=O) groups is 2. The molecular weight excluding hydrogens is 254 g/mol. The van der Waals surface area contributed by atoms with Gasteiger partial charge in [-0.2, -0.15) is 0 Å². The maximum atomic E-state index is 11.7. The molecular formula is C13H16ClNO3. The predicted molar refractivity (Wildman–Crippen MR) is 70.8 cm³/mol. The van der Waals surface area contributed by atoms with Gasteiger partial charge >= 0.3 is 5.97 Å². The van der Waals surface area contributed by atoms with E-state index in [4.69, 9.17) is 16.3 Å². The standard InChI is InChI=1S/C13H16ClNO3/c1-3-18-13(17)12(8-9(2)16)15-11-6-4-10(14)5-7-11/h4-7,12,15H,3,8H2,1-2H3. The van der Waals surface area contributed by atoms with Crippen LogP contribution in [0, 0.1) is 0 Å². The Morgan fingerprint density at radius 2 is 1.94 bits per heavy atom. The maximum Gasteiger partial charge on any atom is 0.329 e. The molecule has 4 nitrogen and oxygen atoms in total. The third-order valence-electron chi connectivity index (χ3n) is 2.25. The molecule has 0 saturated carbocycles. The van der Waals surface area contributed by atoms with Crippen LogP contribution in [0.25, 0.3) is 0 Å². The predicted octanol–water partition coefficient (Wildman–Crippen LogP) is 2.66. The van der Waals surface area contributed by atoms with Gasteiger partial charge in [0.1, 0.15) is 11.8 Å². The second kappa shape index (κ2) is 7.01. The Labute approximate surface area is 111 Å². The molecule has 0 amide bonds. The van der Waals surface area contributed by atoms with Crippen molar-refractivity contribution in [3.63, 3.8) is 0 Å². The number of ketones is 1. The molecule has 0 bridgehead atoms. The maximum absolute atomic E-state index is 11.7. The molecule has 18 heavy (non-hydrogen) atoms.